The lowest BCUT2D eigenvalue weighted by molar-refractivity contribution is 0.132. The van der Waals surface area contributed by atoms with E-state index in [1.165, 1.54) is 13.0 Å². The quantitative estimate of drug-likeness (QED) is 0.659. The molecule has 0 aromatic heterocycles. The molecule has 2 atom stereocenters. The summed E-state index contributed by atoms with van der Waals surface area (Å²) in [6.07, 6.45) is 1.34. The number of rotatable bonds is 1. The second-order valence-corrected chi connectivity index (χ2v) is 6.20. The molecular weight excluding hydrogens is 158 g/mol. The van der Waals surface area contributed by atoms with Crippen LogP contribution in [0.25, 0.3) is 0 Å². The Morgan fingerprint density at radius 3 is 2.15 bits per heavy atom. The Balaban J connectivity index is 2.72. The van der Waals surface area contributed by atoms with Crippen LogP contribution in [0, 0.1) is 17.3 Å². The number of hydrogen-bond donors (Lipinski definition) is 1. The summed E-state index contributed by atoms with van der Waals surface area (Å²) in [6.45, 7) is 15.3. The Kier molecular flexibility index (Phi) is 2.78. The van der Waals surface area contributed by atoms with E-state index in [9.17, 15) is 0 Å². The van der Waals surface area contributed by atoms with E-state index in [4.69, 9.17) is 0 Å². The smallest absolute Gasteiger partial charge is 0.0156 e. The molecule has 0 radical (unpaired) electrons. The van der Waals surface area contributed by atoms with E-state index in [0.29, 0.717) is 11.0 Å². The fourth-order valence-electron chi connectivity index (χ4n) is 2.52. The monoisotopic (exact) mass is 183 g/mol. The Labute approximate surface area is 83.3 Å². The highest BCUT2D eigenvalue weighted by Gasteiger charge is 2.41. The first-order valence-electron chi connectivity index (χ1n) is 5.50. The van der Waals surface area contributed by atoms with E-state index < -0.39 is 0 Å². The third-order valence-corrected chi connectivity index (χ3v) is 3.93. The van der Waals surface area contributed by atoms with Gasteiger partial charge in [0.1, 0.15) is 0 Å². The molecule has 1 N–H and O–H groups in total. The Hall–Kier alpha value is -0.0400. The normalized spacial score (nSPS) is 30.5. The van der Waals surface area contributed by atoms with Crippen molar-refractivity contribution in [1.82, 2.24) is 5.32 Å². The van der Waals surface area contributed by atoms with Crippen LogP contribution in [0.2, 0.25) is 0 Å². The van der Waals surface area contributed by atoms with Crippen molar-refractivity contribution in [3.8, 4) is 0 Å². The number of hydrogen-bond acceptors (Lipinski definition) is 1. The van der Waals surface area contributed by atoms with E-state index >= 15 is 0 Å². The minimum absolute atomic E-state index is 0.340. The molecule has 0 aromatic rings. The molecule has 0 spiro atoms. The Morgan fingerprint density at radius 2 is 1.85 bits per heavy atom. The van der Waals surface area contributed by atoms with Crippen molar-refractivity contribution < 1.29 is 0 Å². The first kappa shape index (κ1) is 11.0. The lowest BCUT2D eigenvalue weighted by atomic mass is 9.68. The highest BCUT2D eigenvalue weighted by Crippen LogP contribution is 2.41. The maximum atomic E-state index is 3.60. The maximum Gasteiger partial charge on any atom is 0.0156 e. The van der Waals surface area contributed by atoms with Crippen molar-refractivity contribution in [3.05, 3.63) is 0 Å². The van der Waals surface area contributed by atoms with Gasteiger partial charge in [-0.05, 0) is 44.1 Å². The molecule has 1 heteroatoms. The van der Waals surface area contributed by atoms with Crippen LogP contribution in [0.15, 0.2) is 0 Å². The van der Waals surface area contributed by atoms with Gasteiger partial charge in [-0.25, -0.2) is 0 Å². The second kappa shape index (κ2) is 3.27. The summed E-state index contributed by atoms with van der Waals surface area (Å²) in [5, 5.41) is 3.60. The molecule has 1 heterocycles. The fraction of sp³-hybridized carbons (Fsp3) is 1.00. The van der Waals surface area contributed by atoms with Crippen molar-refractivity contribution in [2.75, 3.05) is 6.54 Å². The van der Waals surface area contributed by atoms with Crippen molar-refractivity contribution in [2.24, 2.45) is 17.3 Å². The van der Waals surface area contributed by atoms with Gasteiger partial charge in [0.2, 0.25) is 0 Å². The standard InChI is InChI=1S/C12H25N/c1-9(11(2,3)4)10-7-8-13-12(10,5)6/h9-10,13H,7-8H2,1-6H3. The van der Waals surface area contributed by atoms with Gasteiger partial charge in [0.05, 0.1) is 0 Å². The van der Waals surface area contributed by atoms with Crippen molar-refractivity contribution in [1.29, 1.82) is 0 Å². The van der Waals surface area contributed by atoms with Crippen LogP contribution in [0.1, 0.15) is 48.0 Å². The van der Waals surface area contributed by atoms with Crippen molar-refractivity contribution >= 4 is 0 Å². The molecule has 78 valence electrons. The van der Waals surface area contributed by atoms with Gasteiger partial charge in [-0.1, -0.05) is 27.7 Å². The SMILES string of the molecule is CC(C1CCNC1(C)C)C(C)(C)C. The highest BCUT2D eigenvalue weighted by molar-refractivity contribution is 4.96. The van der Waals surface area contributed by atoms with Crippen LogP contribution in [-0.4, -0.2) is 12.1 Å². The predicted molar refractivity (Wildman–Crippen MR) is 58.8 cm³/mol. The topological polar surface area (TPSA) is 12.0 Å². The zero-order chi connectivity index (χ0) is 10.3. The zero-order valence-electron chi connectivity index (χ0n) is 10.1. The van der Waals surface area contributed by atoms with E-state index in [1.54, 1.807) is 0 Å². The summed E-state index contributed by atoms with van der Waals surface area (Å²) >= 11 is 0. The van der Waals surface area contributed by atoms with Crippen molar-refractivity contribution in [2.45, 2.75) is 53.5 Å². The number of nitrogens with one attached hydrogen (secondary N) is 1. The molecule has 1 aliphatic rings. The Bertz CT molecular complexity index is 176. The summed E-state index contributed by atoms with van der Waals surface area (Å²) in [5.74, 6) is 1.62. The van der Waals surface area contributed by atoms with E-state index in [2.05, 4.69) is 46.9 Å². The average Bonchev–Trinajstić information content (AvgIpc) is 2.26. The van der Waals surface area contributed by atoms with Crippen molar-refractivity contribution in [3.63, 3.8) is 0 Å². The molecule has 1 fully saturated rings. The van der Waals surface area contributed by atoms with Gasteiger partial charge in [0.15, 0.2) is 0 Å². The highest BCUT2D eigenvalue weighted by atomic mass is 15.0. The maximum absolute atomic E-state index is 3.60. The summed E-state index contributed by atoms with van der Waals surface area (Å²) in [6, 6.07) is 0. The lowest BCUT2D eigenvalue weighted by Crippen LogP contribution is -2.43. The van der Waals surface area contributed by atoms with Crippen LogP contribution >= 0.6 is 0 Å². The van der Waals surface area contributed by atoms with Crippen LogP contribution in [0.4, 0.5) is 0 Å². The molecule has 0 amide bonds. The molecule has 1 rings (SSSR count). The van der Waals surface area contributed by atoms with Gasteiger partial charge >= 0.3 is 0 Å². The first-order valence-corrected chi connectivity index (χ1v) is 5.50. The Morgan fingerprint density at radius 1 is 1.31 bits per heavy atom. The fourth-order valence-corrected chi connectivity index (χ4v) is 2.52. The molecule has 0 aliphatic carbocycles. The second-order valence-electron chi connectivity index (χ2n) is 6.20. The molecule has 1 saturated heterocycles. The van der Waals surface area contributed by atoms with Crippen LogP contribution < -0.4 is 5.32 Å². The third-order valence-electron chi connectivity index (χ3n) is 3.93. The largest absolute Gasteiger partial charge is 0.311 e. The van der Waals surface area contributed by atoms with Crippen LogP contribution in [-0.2, 0) is 0 Å². The molecule has 0 aromatic carbocycles. The van der Waals surface area contributed by atoms with E-state index in [1.807, 2.05) is 0 Å². The average molecular weight is 183 g/mol. The molecule has 2 unspecified atom stereocenters. The van der Waals surface area contributed by atoms with Crippen LogP contribution in [0.3, 0.4) is 0 Å². The summed E-state index contributed by atoms with van der Waals surface area (Å²) in [5.41, 5.74) is 0.778. The minimum atomic E-state index is 0.340. The summed E-state index contributed by atoms with van der Waals surface area (Å²) in [7, 11) is 0. The molecule has 0 saturated carbocycles. The minimum Gasteiger partial charge on any atom is -0.311 e. The zero-order valence-corrected chi connectivity index (χ0v) is 10.1. The third kappa shape index (κ3) is 2.25. The first-order chi connectivity index (χ1) is 5.75. The molecular formula is C12H25N. The van der Waals surface area contributed by atoms with Gasteiger partial charge < -0.3 is 5.32 Å². The van der Waals surface area contributed by atoms with Gasteiger partial charge in [-0.3, -0.25) is 0 Å². The summed E-state index contributed by atoms with van der Waals surface area (Å²) < 4.78 is 0. The molecule has 1 nitrogen and oxygen atoms in total. The van der Waals surface area contributed by atoms with Crippen LogP contribution in [0.5, 0.6) is 0 Å². The van der Waals surface area contributed by atoms with Gasteiger partial charge in [0, 0.05) is 5.54 Å². The summed E-state index contributed by atoms with van der Waals surface area (Å²) in [4.78, 5) is 0. The molecule has 13 heavy (non-hydrogen) atoms. The van der Waals surface area contributed by atoms with E-state index in [0.717, 1.165) is 11.8 Å². The van der Waals surface area contributed by atoms with Gasteiger partial charge in [-0.15, -0.1) is 0 Å². The predicted octanol–water partition coefficient (Wildman–Crippen LogP) is 3.06. The van der Waals surface area contributed by atoms with Gasteiger partial charge in [-0.2, -0.15) is 0 Å². The van der Waals surface area contributed by atoms with E-state index in [-0.39, 0.29) is 0 Å². The molecule has 1 aliphatic heterocycles. The molecule has 0 bridgehead atoms. The van der Waals surface area contributed by atoms with Gasteiger partial charge in [0.25, 0.3) is 0 Å². The lowest BCUT2D eigenvalue weighted by Gasteiger charge is -2.39.